The van der Waals surface area contributed by atoms with Crippen LogP contribution >= 0.6 is 0 Å². The minimum atomic E-state index is 0.0715. The van der Waals surface area contributed by atoms with Gasteiger partial charge in [0.05, 0.1) is 11.3 Å². The van der Waals surface area contributed by atoms with Crippen LogP contribution in [0.25, 0.3) is 11.1 Å². The molecule has 0 spiro atoms. The van der Waals surface area contributed by atoms with Gasteiger partial charge in [-0.1, -0.05) is 30.3 Å². The van der Waals surface area contributed by atoms with E-state index in [0.717, 1.165) is 22.4 Å². The second kappa shape index (κ2) is 5.85. The Morgan fingerprint density at radius 1 is 1.00 bits per heavy atom. The Balaban J connectivity index is 1.77. The number of ketones is 1. The molecule has 1 aliphatic rings. The number of benzene rings is 1. The second-order valence-corrected chi connectivity index (χ2v) is 5.95. The van der Waals surface area contributed by atoms with Crippen molar-refractivity contribution >= 4 is 11.7 Å². The number of Topliss-reactive ketones (excluding diaryl/α,β-unsaturated/α-hetero) is 1. The molecule has 118 valence electrons. The zero-order chi connectivity index (χ0) is 16.5. The Morgan fingerprint density at radius 3 is 2.71 bits per heavy atom. The van der Waals surface area contributed by atoms with Gasteiger partial charge in [0.1, 0.15) is 0 Å². The molecule has 0 radical (unpaired) electrons. The molecular weight excluding hydrogens is 300 g/mol. The Labute approximate surface area is 139 Å². The van der Waals surface area contributed by atoms with E-state index in [4.69, 9.17) is 5.73 Å². The number of carbonyl (C=O) groups excluding carboxylic acids is 1. The van der Waals surface area contributed by atoms with Crippen LogP contribution in [0.15, 0.2) is 55.0 Å². The van der Waals surface area contributed by atoms with Gasteiger partial charge in [0.25, 0.3) is 0 Å². The minimum Gasteiger partial charge on any atom is -0.368 e. The molecule has 0 amide bonds. The third-order valence-electron chi connectivity index (χ3n) is 4.43. The molecule has 0 fully saturated rings. The average molecular weight is 316 g/mol. The van der Waals surface area contributed by atoms with Crippen LogP contribution in [-0.2, 0) is 6.42 Å². The zero-order valence-corrected chi connectivity index (χ0v) is 13.0. The van der Waals surface area contributed by atoms with E-state index < -0.39 is 0 Å². The summed E-state index contributed by atoms with van der Waals surface area (Å²) in [6, 6.07) is 12.1. The molecule has 0 saturated carbocycles. The van der Waals surface area contributed by atoms with Crippen molar-refractivity contribution in [1.29, 1.82) is 0 Å². The highest BCUT2D eigenvalue weighted by atomic mass is 16.1. The molecule has 2 N–H and O–H groups in total. The molecule has 1 unspecified atom stereocenters. The number of anilines is 1. The van der Waals surface area contributed by atoms with E-state index in [1.807, 2.05) is 30.5 Å². The zero-order valence-electron chi connectivity index (χ0n) is 13.0. The summed E-state index contributed by atoms with van der Waals surface area (Å²) < 4.78 is 0. The van der Waals surface area contributed by atoms with Crippen molar-refractivity contribution in [1.82, 2.24) is 15.0 Å². The van der Waals surface area contributed by atoms with Crippen LogP contribution in [0.5, 0.6) is 0 Å². The molecule has 0 aliphatic heterocycles. The average Bonchev–Trinajstić information content (AvgIpc) is 2.62. The van der Waals surface area contributed by atoms with E-state index in [2.05, 4.69) is 27.1 Å². The summed E-state index contributed by atoms with van der Waals surface area (Å²) >= 11 is 0. The van der Waals surface area contributed by atoms with Gasteiger partial charge in [0, 0.05) is 30.6 Å². The van der Waals surface area contributed by atoms with E-state index in [-0.39, 0.29) is 17.6 Å². The van der Waals surface area contributed by atoms with Crippen LogP contribution in [0.3, 0.4) is 0 Å². The number of nitrogens with zero attached hydrogens (tertiary/aromatic N) is 3. The molecular formula is C19H16N4O. The van der Waals surface area contributed by atoms with Crippen molar-refractivity contribution in [3.63, 3.8) is 0 Å². The third-order valence-corrected chi connectivity index (χ3v) is 4.43. The Kier molecular flexibility index (Phi) is 3.54. The van der Waals surface area contributed by atoms with Crippen LogP contribution in [0.2, 0.25) is 0 Å². The van der Waals surface area contributed by atoms with E-state index in [9.17, 15) is 4.79 Å². The van der Waals surface area contributed by atoms with Gasteiger partial charge in [0.15, 0.2) is 5.78 Å². The van der Waals surface area contributed by atoms with E-state index in [0.29, 0.717) is 18.4 Å². The number of carbonyl (C=O) groups is 1. The van der Waals surface area contributed by atoms with Crippen molar-refractivity contribution in [3.8, 4) is 11.1 Å². The molecule has 1 aliphatic carbocycles. The first-order valence-corrected chi connectivity index (χ1v) is 7.86. The van der Waals surface area contributed by atoms with Crippen molar-refractivity contribution in [2.75, 3.05) is 5.73 Å². The van der Waals surface area contributed by atoms with Crippen LogP contribution in [0, 0.1) is 0 Å². The molecule has 3 aromatic rings. The van der Waals surface area contributed by atoms with Gasteiger partial charge in [-0.25, -0.2) is 9.97 Å². The number of fused-ring (bicyclic) bond motifs is 1. The number of pyridine rings is 1. The maximum atomic E-state index is 12.5. The monoisotopic (exact) mass is 316 g/mol. The lowest BCUT2D eigenvalue weighted by Gasteiger charge is -2.25. The highest BCUT2D eigenvalue weighted by Crippen LogP contribution is 2.36. The van der Waals surface area contributed by atoms with Gasteiger partial charge < -0.3 is 5.73 Å². The number of hydrogen-bond donors (Lipinski definition) is 1. The Bertz CT molecular complexity index is 908. The summed E-state index contributed by atoms with van der Waals surface area (Å²) in [6.07, 6.45) is 6.29. The number of aromatic nitrogens is 3. The number of nitrogens with two attached hydrogens (primary N) is 1. The molecule has 5 nitrogen and oxygen atoms in total. The molecule has 1 atom stereocenters. The van der Waals surface area contributed by atoms with Crippen LogP contribution in [0.1, 0.15) is 34.0 Å². The molecule has 0 saturated heterocycles. The predicted molar refractivity (Wildman–Crippen MR) is 91.5 cm³/mol. The fraction of sp³-hybridized carbons (Fsp3) is 0.158. The quantitative estimate of drug-likeness (QED) is 0.786. The van der Waals surface area contributed by atoms with Gasteiger partial charge in [-0.3, -0.25) is 9.78 Å². The highest BCUT2D eigenvalue weighted by Gasteiger charge is 2.29. The fourth-order valence-electron chi connectivity index (χ4n) is 3.32. The normalized spacial score (nSPS) is 16.7. The van der Waals surface area contributed by atoms with Crippen molar-refractivity contribution in [2.45, 2.75) is 18.8 Å². The Morgan fingerprint density at radius 2 is 1.88 bits per heavy atom. The van der Waals surface area contributed by atoms with Crippen molar-refractivity contribution < 1.29 is 4.79 Å². The molecule has 2 heterocycles. The van der Waals surface area contributed by atoms with Crippen LogP contribution in [-0.4, -0.2) is 20.7 Å². The van der Waals surface area contributed by atoms with Gasteiger partial charge in [-0.05, 0) is 29.5 Å². The molecule has 1 aromatic carbocycles. The Hall–Kier alpha value is -3.08. The van der Waals surface area contributed by atoms with Crippen LogP contribution in [0.4, 0.5) is 5.95 Å². The first kappa shape index (κ1) is 14.5. The van der Waals surface area contributed by atoms with E-state index in [1.54, 1.807) is 12.4 Å². The van der Waals surface area contributed by atoms with Gasteiger partial charge >= 0.3 is 0 Å². The largest absolute Gasteiger partial charge is 0.368 e. The van der Waals surface area contributed by atoms with Crippen molar-refractivity contribution in [2.24, 2.45) is 0 Å². The minimum absolute atomic E-state index is 0.0715. The van der Waals surface area contributed by atoms with E-state index >= 15 is 0 Å². The SMILES string of the molecule is Nc1ncc2c(n1)CC(c1ccccc1-c1cccnc1)CC2=O. The molecule has 2 aromatic heterocycles. The molecule has 24 heavy (non-hydrogen) atoms. The van der Waals surface area contributed by atoms with Gasteiger partial charge in [0.2, 0.25) is 5.95 Å². The van der Waals surface area contributed by atoms with Crippen LogP contribution < -0.4 is 5.73 Å². The lowest BCUT2D eigenvalue weighted by molar-refractivity contribution is 0.0963. The lowest BCUT2D eigenvalue weighted by atomic mass is 9.79. The molecule has 5 heteroatoms. The summed E-state index contributed by atoms with van der Waals surface area (Å²) in [4.78, 5) is 24.9. The topological polar surface area (TPSA) is 81.8 Å². The molecule has 0 bridgehead atoms. The predicted octanol–water partition coefficient (Wildman–Crippen LogP) is 3.03. The first-order valence-electron chi connectivity index (χ1n) is 7.86. The standard InChI is InChI=1S/C19H16N4O/c20-19-22-11-16-17(23-19)8-13(9-18(16)24)15-6-2-1-5-14(15)12-4-3-7-21-10-12/h1-7,10-11,13H,8-9H2,(H2,20,22,23). The summed E-state index contributed by atoms with van der Waals surface area (Å²) in [7, 11) is 0. The van der Waals surface area contributed by atoms with E-state index in [1.165, 1.54) is 0 Å². The maximum Gasteiger partial charge on any atom is 0.220 e. The summed E-state index contributed by atoms with van der Waals surface area (Å²) in [6.45, 7) is 0. The highest BCUT2D eigenvalue weighted by molar-refractivity contribution is 5.98. The smallest absolute Gasteiger partial charge is 0.220 e. The van der Waals surface area contributed by atoms with Gasteiger partial charge in [-0.2, -0.15) is 0 Å². The van der Waals surface area contributed by atoms with Crippen molar-refractivity contribution in [3.05, 3.63) is 71.8 Å². The maximum absolute atomic E-state index is 12.5. The summed E-state index contributed by atoms with van der Waals surface area (Å²) in [5.41, 5.74) is 10.3. The number of nitrogen functional groups attached to an aromatic ring is 1. The van der Waals surface area contributed by atoms with Gasteiger partial charge in [-0.15, -0.1) is 0 Å². The molecule has 4 rings (SSSR count). The summed E-state index contributed by atoms with van der Waals surface area (Å²) in [5.74, 6) is 0.362. The number of hydrogen-bond acceptors (Lipinski definition) is 5. The first-order chi connectivity index (χ1) is 11.7. The third kappa shape index (κ3) is 2.54. The lowest BCUT2D eigenvalue weighted by Crippen LogP contribution is -2.21. The fourth-order valence-corrected chi connectivity index (χ4v) is 3.32. The summed E-state index contributed by atoms with van der Waals surface area (Å²) in [5, 5.41) is 0. The second-order valence-electron chi connectivity index (χ2n) is 5.95. The number of rotatable bonds is 2.